The Bertz CT molecular complexity index is 1700. The Morgan fingerprint density at radius 1 is 0.341 bits per heavy atom. The first-order valence-electron chi connectivity index (χ1n) is 15.4. The van der Waals surface area contributed by atoms with Crippen molar-refractivity contribution in [1.82, 2.24) is 0 Å². The molecule has 0 N–H and O–H groups in total. The molecule has 0 aromatic heterocycles. The summed E-state index contributed by atoms with van der Waals surface area (Å²) in [5.74, 6) is 0. The van der Waals surface area contributed by atoms with E-state index in [-0.39, 0.29) is 0 Å². The molecule has 0 aliphatic heterocycles. The maximum Gasteiger partial charge on any atom is 0.0781 e. The molecule has 2 heteroatoms. The molecular formula is C42H34N2. The third-order valence-electron chi connectivity index (χ3n) is 8.32. The van der Waals surface area contributed by atoms with Crippen LogP contribution in [0.1, 0.15) is 44.5 Å². The van der Waals surface area contributed by atoms with Crippen molar-refractivity contribution < 1.29 is 0 Å². The minimum atomic E-state index is 0.905. The zero-order valence-electron chi connectivity index (χ0n) is 24.7. The van der Waals surface area contributed by atoms with Crippen LogP contribution < -0.4 is 0 Å². The Morgan fingerprint density at radius 3 is 0.977 bits per heavy atom. The van der Waals surface area contributed by atoms with Crippen molar-refractivity contribution in [2.45, 2.75) is 25.7 Å². The molecule has 6 aromatic rings. The molecule has 2 nitrogen and oxygen atoms in total. The van der Waals surface area contributed by atoms with Crippen LogP contribution in [0.4, 0.5) is 11.4 Å². The molecule has 4 aliphatic rings. The van der Waals surface area contributed by atoms with Crippen molar-refractivity contribution >= 4 is 22.8 Å². The first-order valence-corrected chi connectivity index (χ1v) is 15.4. The molecule has 44 heavy (non-hydrogen) atoms. The van der Waals surface area contributed by atoms with Crippen molar-refractivity contribution in [3.8, 4) is 0 Å². The molecule has 0 unspecified atom stereocenters. The molecule has 4 aliphatic carbocycles. The minimum Gasteiger partial charge on any atom is -0.247 e. The van der Waals surface area contributed by atoms with Crippen LogP contribution in [0.2, 0.25) is 0 Å². The van der Waals surface area contributed by atoms with E-state index in [1.807, 2.05) is 0 Å². The molecule has 0 heterocycles. The van der Waals surface area contributed by atoms with Gasteiger partial charge >= 0.3 is 0 Å². The predicted molar refractivity (Wildman–Crippen MR) is 184 cm³/mol. The molecule has 6 aromatic carbocycles. The topological polar surface area (TPSA) is 24.7 Å². The highest BCUT2D eigenvalue weighted by molar-refractivity contribution is 6.14. The third kappa shape index (κ3) is 6.21. The molecule has 0 saturated heterocycles. The van der Waals surface area contributed by atoms with E-state index < -0.39 is 0 Å². The SMILES string of the molecule is c1ccc(C(=Nc2cc3ccc2CCc2ccc(c(N=C(c4ccccc4)c4ccccc4)c2)CC3)c2ccccc2)cc1. The largest absolute Gasteiger partial charge is 0.247 e. The Labute approximate surface area is 260 Å². The second kappa shape index (κ2) is 12.9. The van der Waals surface area contributed by atoms with Crippen molar-refractivity contribution in [2.75, 3.05) is 0 Å². The highest BCUT2D eigenvalue weighted by atomic mass is 14.8. The molecule has 0 amide bonds. The van der Waals surface area contributed by atoms with E-state index in [1.54, 1.807) is 0 Å². The fraction of sp³-hybridized carbons (Fsp3) is 0.0952. The molecule has 10 rings (SSSR count). The van der Waals surface area contributed by atoms with Crippen molar-refractivity contribution in [3.63, 3.8) is 0 Å². The zero-order valence-corrected chi connectivity index (χ0v) is 24.7. The van der Waals surface area contributed by atoms with Gasteiger partial charge in [-0.25, -0.2) is 9.98 Å². The maximum absolute atomic E-state index is 5.37. The van der Waals surface area contributed by atoms with Crippen LogP contribution in [0.15, 0.2) is 168 Å². The maximum atomic E-state index is 5.37. The van der Waals surface area contributed by atoms with Crippen LogP contribution in [0.3, 0.4) is 0 Å². The number of aryl methyl sites for hydroxylation is 4. The lowest BCUT2D eigenvalue weighted by Crippen LogP contribution is -2.05. The van der Waals surface area contributed by atoms with E-state index in [1.165, 1.54) is 22.3 Å². The van der Waals surface area contributed by atoms with Crippen LogP contribution in [0.5, 0.6) is 0 Å². The van der Waals surface area contributed by atoms with E-state index in [2.05, 4.69) is 158 Å². The number of nitrogens with zero attached hydrogens (tertiary/aromatic N) is 2. The summed E-state index contributed by atoms with van der Waals surface area (Å²) in [7, 11) is 0. The Kier molecular flexibility index (Phi) is 8.05. The summed E-state index contributed by atoms with van der Waals surface area (Å²) < 4.78 is 0. The monoisotopic (exact) mass is 566 g/mol. The molecule has 4 bridgehead atoms. The number of hydrogen-bond acceptors (Lipinski definition) is 2. The van der Waals surface area contributed by atoms with E-state index in [0.29, 0.717) is 0 Å². The Hall–Kier alpha value is -5.34. The Balaban J connectivity index is 1.28. The van der Waals surface area contributed by atoms with Gasteiger partial charge in [-0.15, -0.1) is 0 Å². The van der Waals surface area contributed by atoms with Crippen molar-refractivity contribution in [1.29, 1.82) is 0 Å². The van der Waals surface area contributed by atoms with Gasteiger partial charge in [-0.05, 0) is 60.1 Å². The summed E-state index contributed by atoms with van der Waals surface area (Å²) in [6.45, 7) is 0. The number of benzene rings is 6. The summed E-state index contributed by atoms with van der Waals surface area (Å²) in [6, 6.07) is 55.9. The molecule has 212 valence electrons. The van der Waals surface area contributed by atoms with Crippen LogP contribution in [-0.4, -0.2) is 11.4 Å². The van der Waals surface area contributed by atoms with Gasteiger partial charge in [-0.1, -0.05) is 146 Å². The lowest BCUT2D eigenvalue weighted by Gasteiger charge is -2.16. The molecule has 0 radical (unpaired) electrons. The van der Waals surface area contributed by atoms with Crippen LogP contribution >= 0.6 is 0 Å². The number of aliphatic imine (C=N–C) groups is 2. The average Bonchev–Trinajstić information content (AvgIpc) is 3.09. The van der Waals surface area contributed by atoms with Gasteiger partial charge in [0.25, 0.3) is 0 Å². The normalized spacial score (nSPS) is 12.2. The summed E-state index contributed by atoms with van der Waals surface area (Å²) >= 11 is 0. The molecular weight excluding hydrogens is 532 g/mol. The van der Waals surface area contributed by atoms with E-state index in [9.17, 15) is 0 Å². The van der Waals surface area contributed by atoms with E-state index in [4.69, 9.17) is 9.98 Å². The first kappa shape index (κ1) is 27.5. The average molecular weight is 567 g/mol. The fourth-order valence-electron chi connectivity index (χ4n) is 5.94. The van der Waals surface area contributed by atoms with E-state index >= 15 is 0 Å². The zero-order chi connectivity index (χ0) is 29.6. The van der Waals surface area contributed by atoms with Gasteiger partial charge in [0.2, 0.25) is 0 Å². The summed E-state index contributed by atoms with van der Waals surface area (Å²) in [5, 5.41) is 0. The summed E-state index contributed by atoms with van der Waals surface area (Å²) in [6.07, 6.45) is 3.65. The minimum absolute atomic E-state index is 0.905. The standard InChI is InChI=1S/C42H34N2/c1-5-13-35(14-6-1)41(36-15-7-2-8-16-36)43-39-29-31-21-25-33(39)27-23-32-22-26-34(28-24-31)40(30-32)44-42(37-17-9-3-10-18-37)38-19-11-4-12-20-38/h1-22,25-26,29-30H,23-24,27-28H2. The number of rotatable bonds is 6. The molecule has 0 fully saturated rings. The quantitative estimate of drug-likeness (QED) is 0.179. The van der Waals surface area contributed by atoms with Crippen LogP contribution in [0.25, 0.3) is 0 Å². The van der Waals surface area contributed by atoms with Gasteiger partial charge in [-0.3, -0.25) is 0 Å². The highest BCUT2D eigenvalue weighted by Gasteiger charge is 2.14. The van der Waals surface area contributed by atoms with Crippen molar-refractivity contribution in [3.05, 3.63) is 202 Å². The van der Waals surface area contributed by atoms with Crippen molar-refractivity contribution in [2.24, 2.45) is 9.98 Å². The first-order chi connectivity index (χ1) is 21.8. The summed E-state index contributed by atoms with van der Waals surface area (Å²) in [5.41, 5.74) is 13.8. The summed E-state index contributed by atoms with van der Waals surface area (Å²) in [4.78, 5) is 10.7. The van der Waals surface area contributed by atoms with Gasteiger partial charge in [0.15, 0.2) is 0 Å². The third-order valence-corrected chi connectivity index (χ3v) is 8.32. The lowest BCUT2D eigenvalue weighted by atomic mass is 9.94. The number of hydrogen-bond donors (Lipinski definition) is 0. The molecule has 0 saturated carbocycles. The van der Waals surface area contributed by atoms with Gasteiger partial charge in [0.1, 0.15) is 0 Å². The van der Waals surface area contributed by atoms with Gasteiger partial charge in [0.05, 0.1) is 22.8 Å². The molecule has 0 spiro atoms. The smallest absolute Gasteiger partial charge is 0.0781 e. The van der Waals surface area contributed by atoms with Crippen LogP contribution in [0, 0.1) is 0 Å². The molecule has 0 atom stereocenters. The Morgan fingerprint density at radius 2 is 0.659 bits per heavy atom. The highest BCUT2D eigenvalue weighted by Crippen LogP contribution is 2.31. The van der Waals surface area contributed by atoms with Gasteiger partial charge in [-0.2, -0.15) is 0 Å². The van der Waals surface area contributed by atoms with Gasteiger partial charge in [0, 0.05) is 22.3 Å². The fourth-order valence-corrected chi connectivity index (χ4v) is 5.94. The van der Waals surface area contributed by atoms with Crippen LogP contribution in [-0.2, 0) is 25.7 Å². The second-order valence-electron chi connectivity index (χ2n) is 11.3. The van der Waals surface area contributed by atoms with E-state index in [0.717, 1.165) is 70.7 Å². The van der Waals surface area contributed by atoms with Gasteiger partial charge < -0.3 is 0 Å². The predicted octanol–water partition coefficient (Wildman–Crippen LogP) is 9.91. The second-order valence-corrected chi connectivity index (χ2v) is 11.3. The lowest BCUT2D eigenvalue weighted by molar-refractivity contribution is 0.921.